The van der Waals surface area contributed by atoms with Crippen LogP contribution in [-0.2, 0) is 9.59 Å². The Labute approximate surface area is 152 Å². The second-order valence-electron chi connectivity index (χ2n) is 6.36. The zero-order chi connectivity index (χ0) is 18.4. The number of nitrogens with one attached hydrogen (secondary N) is 1. The molecule has 2 aromatic rings. The molecule has 3 rings (SSSR count). The predicted molar refractivity (Wildman–Crippen MR) is 98.7 cm³/mol. The molecule has 6 heteroatoms. The van der Waals surface area contributed by atoms with E-state index in [1.807, 2.05) is 48.5 Å². The number of nitrogens with two attached hydrogens (primary N) is 1. The summed E-state index contributed by atoms with van der Waals surface area (Å²) in [6.07, 6.45) is 0. The van der Waals surface area contributed by atoms with Crippen molar-refractivity contribution in [3.63, 3.8) is 0 Å². The zero-order valence-electron chi connectivity index (χ0n) is 14.5. The summed E-state index contributed by atoms with van der Waals surface area (Å²) in [5, 5.41) is 2.60. The number of nitrogens with zero attached hydrogens (tertiary/aromatic N) is 1. The Kier molecular flexibility index (Phi) is 5.86. The fourth-order valence-electron chi connectivity index (χ4n) is 3.09. The number of rotatable bonds is 6. The zero-order valence-corrected chi connectivity index (χ0v) is 14.5. The predicted octanol–water partition coefficient (Wildman–Crippen LogP) is 1.13. The molecule has 2 aromatic carbocycles. The molecule has 0 radical (unpaired) electrons. The number of hydrogen-bond donors (Lipinski definition) is 2. The minimum Gasteiger partial charge on any atom is -0.484 e. The van der Waals surface area contributed by atoms with E-state index in [9.17, 15) is 9.59 Å². The van der Waals surface area contributed by atoms with E-state index in [0.29, 0.717) is 18.8 Å². The van der Waals surface area contributed by atoms with Gasteiger partial charge in [-0.2, -0.15) is 0 Å². The number of likely N-dealkylation sites (tertiary alicyclic amines) is 1. The number of benzene rings is 2. The normalized spacial score (nSPS) is 19.2. The van der Waals surface area contributed by atoms with E-state index >= 15 is 0 Å². The Hall–Kier alpha value is -2.86. The number of para-hydroxylation sites is 1. The van der Waals surface area contributed by atoms with Gasteiger partial charge in [-0.05, 0) is 17.7 Å². The first-order valence-electron chi connectivity index (χ1n) is 8.66. The maximum Gasteiger partial charge on any atom is 0.258 e. The molecule has 26 heavy (non-hydrogen) atoms. The molecule has 0 spiro atoms. The quantitative estimate of drug-likeness (QED) is 0.815. The fourth-order valence-corrected chi connectivity index (χ4v) is 3.09. The molecule has 0 aromatic heterocycles. The molecule has 1 fully saturated rings. The third-order valence-corrected chi connectivity index (χ3v) is 4.50. The van der Waals surface area contributed by atoms with E-state index in [0.717, 1.165) is 5.56 Å². The van der Waals surface area contributed by atoms with Gasteiger partial charge < -0.3 is 20.7 Å². The molecule has 1 heterocycles. The highest BCUT2D eigenvalue weighted by atomic mass is 16.5. The Morgan fingerprint density at radius 2 is 1.69 bits per heavy atom. The summed E-state index contributed by atoms with van der Waals surface area (Å²) in [5.74, 6) is 0.278. The average molecular weight is 353 g/mol. The molecule has 6 nitrogen and oxygen atoms in total. The molecule has 3 N–H and O–H groups in total. The highest BCUT2D eigenvalue weighted by Crippen LogP contribution is 2.26. The van der Waals surface area contributed by atoms with Crippen LogP contribution in [0.3, 0.4) is 0 Å². The molecule has 0 bridgehead atoms. The van der Waals surface area contributed by atoms with Crippen molar-refractivity contribution in [2.24, 2.45) is 5.73 Å². The Morgan fingerprint density at radius 1 is 1.04 bits per heavy atom. The van der Waals surface area contributed by atoms with Gasteiger partial charge in [0.25, 0.3) is 5.91 Å². The van der Waals surface area contributed by atoms with Crippen molar-refractivity contribution in [2.45, 2.75) is 12.0 Å². The number of carbonyl (C=O) groups is 2. The summed E-state index contributed by atoms with van der Waals surface area (Å²) < 4.78 is 5.36. The van der Waals surface area contributed by atoms with Gasteiger partial charge in [-0.15, -0.1) is 0 Å². The summed E-state index contributed by atoms with van der Waals surface area (Å²) in [6, 6.07) is 18.9. The SMILES string of the molecule is N[C@@H]1CN(C(=O)CNC(=O)COc2ccccc2)C[C@H]1c1ccccc1. The maximum atomic E-state index is 12.4. The first kappa shape index (κ1) is 17.9. The highest BCUT2D eigenvalue weighted by Gasteiger charge is 2.33. The van der Waals surface area contributed by atoms with Crippen LogP contribution in [0.4, 0.5) is 0 Å². The van der Waals surface area contributed by atoms with Gasteiger partial charge in [0.1, 0.15) is 5.75 Å². The highest BCUT2D eigenvalue weighted by molar-refractivity contribution is 5.85. The standard InChI is InChI=1S/C20H23N3O3/c21-18-13-23(12-17(18)15-7-3-1-4-8-15)20(25)11-22-19(24)14-26-16-9-5-2-6-10-16/h1-10,17-18H,11-14,21H2,(H,22,24)/t17-,18+/m0/s1. The van der Waals surface area contributed by atoms with E-state index in [2.05, 4.69) is 5.32 Å². The molecule has 0 saturated carbocycles. The first-order chi connectivity index (χ1) is 12.6. The smallest absolute Gasteiger partial charge is 0.258 e. The van der Waals surface area contributed by atoms with Crippen molar-refractivity contribution in [1.29, 1.82) is 0 Å². The molecule has 1 aliphatic heterocycles. The summed E-state index contributed by atoms with van der Waals surface area (Å²) >= 11 is 0. The maximum absolute atomic E-state index is 12.4. The minimum absolute atomic E-state index is 0.0504. The van der Waals surface area contributed by atoms with E-state index in [1.165, 1.54) is 0 Å². The number of ether oxygens (including phenoxy) is 1. The Morgan fingerprint density at radius 3 is 2.38 bits per heavy atom. The van der Waals surface area contributed by atoms with Gasteiger partial charge in [-0.3, -0.25) is 9.59 Å². The summed E-state index contributed by atoms with van der Waals surface area (Å²) in [6.45, 7) is 0.893. The number of amides is 2. The molecule has 0 unspecified atom stereocenters. The second-order valence-corrected chi connectivity index (χ2v) is 6.36. The molecular formula is C20H23N3O3. The van der Waals surface area contributed by atoms with Crippen LogP contribution in [0.15, 0.2) is 60.7 Å². The lowest BCUT2D eigenvalue weighted by atomic mass is 9.95. The molecule has 1 aliphatic rings. The van der Waals surface area contributed by atoms with Gasteiger partial charge >= 0.3 is 0 Å². The summed E-state index contributed by atoms with van der Waals surface area (Å²) in [7, 11) is 0. The lowest BCUT2D eigenvalue weighted by Crippen LogP contribution is -2.41. The van der Waals surface area contributed by atoms with Crippen molar-refractivity contribution in [2.75, 3.05) is 26.2 Å². The molecule has 136 valence electrons. The molecule has 2 amide bonds. The largest absolute Gasteiger partial charge is 0.484 e. The third kappa shape index (κ3) is 4.61. The monoisotopic (exact) mass is 353 g/mol. The van der Waals surface area contributed by atoms with Crippen LogP contribution in [0.1, 0.15) is 11.5 Å². The van der Waals surface area contributed by atoms with Crippen LogP contribution in [0, 0.1) is 0 Å². The van der Waals surface area contributed by atoms with Gasteiger partial charge in [0.15, 0.2) is 6.61 Å². The lowest BCUT2D eigenvalue weighted by Gasteiger charge is -2.17. The first-order valence-corrected chi connectivity index (χ1v) is 8.66. The van der Waals surface area contributed by atoms with Crippen molar-refractivity contribution in [1.82, 2.24) is 10.2 Å². The van der Waals surface area contributed by atoms with Crippen LogP contribution < -0.4 is 15.8 Å². The fraction of sp³-hybridized carbons (Fsp3) is 0.300. The van der Waals surface area contributed by atoms with Crippen molar-refractivity contribution < 1.29 is 14.3 Å². The number of carbonyl (C=O) groups excluding carboxylic acids is 2. The molecular weight excluding hydrogens is 330 g/mol. The average Bonchev–Trinajstić information content (AvgIpc) is 3.08. The van der Waals surface area contributed by atoms with E-state index in [4.69, 9.17) is 10.5 Å². The van der Waals surface area contributed by atoms with Crippen molar-refractivity contribution >= 4 is 11.8 Å². The van der Waals surface area contributed by atoms with Gasteiger partial charge in [-0.25, -0.2) is 0 Å². The van der Waals surface area contributed by atoms with Crippen LogP contribution in [0.25, 0.3) is 0 Å². The van der Waals surface area contributed by atoms with Gasteiger partial charge in [0.2, 0.25) is 5.91 Å². The number of hydrogen-bond acceptors (Lipinski definition) is 4. The molecule has 1 saturated heterocycles. The topological polar surface area (TPSA) is 84.7 Å². The van der Waals surface area contributed by atoms with Gasteiger partial charge in [0.05, 0.1) is 6.54 Å². The van der Waals surface area contributed by atoms with Crippen molar-refractivity contribution in [3.8, 4) is 5.75 Å². The Balaban J connectivity index is 1.44. The van der Waals surface area contributed by atoms with Crippen LogP contribution >= 0.6 is 0 Å². The van der Waals surface area contributed by atoms with Gasteiger partial charge in [-0.1, -0.05) is 48.5 Å². The van der Waals surface area contributed by atoms with E-state index < -0.39 is 0 Å². The Bertz CT molecular complexity index is 736. The summed E-state index contributed by atoms with van der Waals surface area (Å²) in [5.41, 5.74) is 7.34. The minimum atomic E-state index is -0.328. The molecule has 0 aliphatic carbocycles. The van der Waals surface area contributed by atoms with E-state index in [-0.39, 0.29) is 36.9 Å². The lowest BCUT2D eigenvalue weighted by molar-refractivity contribution is -0.132. The van der Waals surface area contributed by atoms with Crippen LogP contribution in [-0.4, -0.2) is 49.0 Å². The van der Waals surface area contributed by atoms with Gasteiger partial charge in [0, 0.05) is 25.0 Å². The van der Waals surface area contributed by atoms with Crippen LogP contribution in [0.5, 0.6) is 5.75 Å². The summed E-state index contributed by atoms with van der Waals surface area (Å²) in [4.78, 5) is 25.9. The third-order valence-electron chi connectivity index (χ3n) is 4.50. The van der Waals surface area contributed by atoms with E-state index in [1.54, 1.807) is 17.0 Å². The molecule has 2 atom stereocenters. The van der Waals surface area contributed by atoms with Crippen LogP contribution in [0.2, 0.25) is 0 Å². The second kappa shape index (κ2) is 8.49. The van der Waals surface area contributed by atoms with Crippen molar-refractivity contribution in [3.05, 3.63) is 66.2 Å².